The highest BCUT2D eigenvalue weighted by molar-refractivity contribution is 6.64. The van der Waals surface area contributed by atoms with Gasteiger partial charge in [0, 0.05) is 0 Å². The lowest BCUT2D eigenvalue weighted by Gasteiger charge is -2.40. The third-order valence-electron chi connectivity index (χ3n) is 3.34. The number of rotatable bonds is 8. The molecule has 0 rings (SSSR count). The SMILES string of the molecule is CC=C[SiH](C)C(N(CC)CC)N(CC)CC. The van der Waals surface area contributed by atoms with E-state index in [1.165, 1.54) is 0 Å². The van der Waals surface area contributed by atoms with Crippen molar-refractivity contribution in [1.29, 1.82) is 0 Å². The van der Waals surface area contributed by atoms with Crippen LogP contribution in [-0.4, -0.2) is 50.6 Å². The summed E-state index contributed by atoms with van der Waals surface area (Å²) in [5.41, 5.74) is 2.46. The van der Waals surface area contributed by atoms with Crippen LogP contribution in [0.3, 0.4) is 0 Å². The van der Waals surface area contributed by atoms with Gasteiger partial charge in [-0.1, -0.05) is 46.0 Å². The van der Waals surface area contributed by atoms with Crippen molar-refractivity contribution in [3.05, 3.63) is 11.8 Å². The van der Waals surface area contributed by atoms with E-state index in [4.69, 9.17) is 0 Å². The summed E-state index contributed by atoms with van der Waals surface area (Å²) >= 11 is 0. The summed E-state index contributed by atoms with van der Waals surface area (Å²) in [7, 11) is -0.832. The fourth-order valence-electron chi connectivity index (χ4n) is 2.49. The normalized spacial score (nSPS) is 14.6. The van der Waals surface area contributed by atoms with Crippen LogP contribution in [0.1, 0.15) is 34.6 Å². The Kier molecular flexibility index (Phi) is 8.90. The average Bonchev–Trinajstić information content (AvgIpc) is 2.30. The van der Waals surface area contributed by atoms with Crippen molar-refractivity contribution in [2.45, 2.75) is 47.0 Å². The van der Waals surface area contributed by atoms with Gasteiger partial charge < -0.3 is 0 Å². The van der Waals surface area contributed by atoms with Gasteiger partial charge in [-0.05, 0) is 33.1 Å². The van der Waals surface area contributed by atoms with E-state index < -0.39 is 8.80 Å². The van der Waals surface area contributed by atoms with Crippen LogP contribution < -0.4 is 0 Å². The fourth-order valence-corrected chi connectivity index (χ4v) is 5.47. The van der Waals surface area contributed by atoms with Crippen LogP contribution in [-0.2, 0) is 0 Å². The smallest absolute Gasteiger partial charge is 0.0951 e. The molecule has 0 aliphatic carbocycles. The van der Waals surface area contributed by atoms with Crippen LogP contribution in [0.2, 0.25) is 6.55 Å². The van der Waals surface area contributed by atoms with Gasteiger partial charge in [-0.25, -0.2) is 0 Å². The summed E-state index contributed by atoms with van der Waals surface area (Å²) < 4.78 is 0. The Morgan fingerprint density at radius 2 is 1.31 bits per heavy atom. The summed E-state index contributed by atoms with van der Waals surface area (Å²) in [5.74, 6) is 0.682. The molecule has 0 fully saturated rings. The lowest BCUT2D eigenvalue weighted by Crippen LogP contribution is -2.55. The first-order chi connectivity index (χ1) is 7.65. The van der Waals surface area contributed by atoms with E-state index in [2.05, 4.69) is 62.7 Å². The van der Waals surface area contributed by atoms with Crippen molar-refractivity contribution < 1.29 is 0 Å². The van der Waals surface area contributed by atoms with Crippen molar-refractivity contribution in [3.63, 3.8) is 0 Å². The Morgan fingerprint density at radius 1 is 0.938 bits per heavy atom. The third kappa shape index (κ3) is 4.40. The second kappa shape index (κ2) is 8.96. The molecule has 0 amide bonds. The summed E-state index contributed by atoms with van der Waals surface area (Å²) in [5, 5.41) is 0. The minimum Gasteiger partial charge on any atom is -0.291 e. The lowest BCUT2D eigenvalue weighted by molar-refractivity contribution is 0.113. The first-order valence-corrected chi connectivity index (χ1v) is 9.25. The molecule has 0 spiro atoms. The summed E-state index contributed by atoms with van der Waals surface area (Å²) in [6, 6.07) is 0. The van der Waals surface area contributed by atoms with Crippen LogP contribution in [0.15, 0.2) is 11.8 Å². The van der Waals surface area contributed by atoms with Gasteiger partial charge in [0.2, 0.25) is 0 Å². The molecule has 0 aliphatic heterocycles. The number of hydrogen-bond acceptors (Lipinski definition) is 2. The summed E-state index contributed by atoms with van der Waals surface area (Å²) in [4.78, 5) is 5.23. The Hall–Kier alpha value is -0.123. The molecule has 3 heteroatoms. The first-order valence-electron chi connectivity index (χ1n) is 6.76. The fraction of sp³-hybridized carbons (Fsp3) is 0.846. The van der Waals surface area contributed by atoms with Crippen LogP contribution in [0, 0.1) is 0 Å². The maximum absolute atomic E-state index is 2.61. The summed E-state index contributed by atoms with van der Waals surface area (Å²) in [6.07, 6.45) is 2.23. The molecule has 1 unspecified atom stereocenters. The molecule has 0 N–H and O–H groups in total. The molecule has 0 aromatic carbocycles. The second-order valence-corrected chi connectivity index (χ2v) is 6.94. The van der Waals surface area contributed by atoms with Gasteiger partial charge in [-0.2, -0.15) is 0 Å². The standard InChI is InChI=1S/C13H30N2Si/c1-7-12-16(6)13(14(8-2)9-3)15(10-4)11-5/h7,12-13,16H,8-11H2,1-6H3. The quantitative estimate of drug-likeness (QED) is 0.477. The third-order valence-corrected chi connectivity index (χ3v) is 6.12. The van der Waals surface area contributed by atoms with E-state index in [0.717, 1.165) is 26.2 Å². The van der Waals surface area contributed by atoms with E-state index in [-0.39, 0.29) is 0 Å². The van der Waals surface area contributed by atoms with Crippen molar-refractivity contribution in [3.8, 4) is 0 Å². The zero-order valence-corrected chi connectivity index (χ0v) is 13.2. The van der Waals surface area contributed by atoms with Crippen molar-refractivity contribution in [1.82, 2.24) is 9.80 Å². The molecule has 0 saturated heterocycles. The average molecular weight is 242 g/mol. The molecule has 96 valence electrons. The van der Waals surface area contributed by atoms with Crippen molar-refractivity contribution in [2.75, 3.05) is 26.2 Å². The highest BCUT2D eigenvalue weighted by atomic mass is 28.3. The molecule has 2 nitrogen and oxygen atoms in total. The Bertz CT molecular complexity index is 174. The molecule has 0 aromatic rings. The van der Waals surface area contributed by atoms with Crippen molar-refractivity contribution in [2.24, 2.45) is 0 Å². The molecule has 0 saturated carbocycles. The maximum Gasteiger partial charge on any atom is 0.0951 e. The van der Waals surface area contributed by atoms with Gasteiger partial charge in [-0.3, -0.25) is 9.80 Å². The molecule has 0 radical (unpaired) electrons. The molecule has 0 aromatic heterocycles. The van der Waals surface area contributed by atoms with Gasteiger partial charge in [0.25, 0.3) is 0 Å². The van der Waals surface area contributed by atoms with Crippen LogP contribution in [0.25, 0.3) is 0 Å². The Balaban J connectivity index is 4.85. The zero-order valence-electron chi connectivity index (χ0n) is 12.0. The van der Waals surface area contributed by atoms with Crippen molar-refractivity contribution >= 4 is 8.80 Å². The van der Waals surface area contributed by atoms with Gasteiger partial charge in [0.05, 0.1) is 14.6 Å². The van der Waals surface area contributed by atoms with E-state index in [1.54, 1.807) is 0 Å². The van der Waals surface area contributed by atoms with Crippen LogP contribution in [0.5, 0.6) is 0 Å². The minimum atomic E-state index is -0.832. The predicted molar refractivity (Wildman–Crippen MR) is 77.5 cm³/mol. The molecule has 0 aliphatic rings. The van der Waals surface area contributed by atoms with E-state index in [9.17, 15) is 0 Å². The topological polar surface area (TPSA) is 6.48 Å². The molecule has 0 heterocycles. The number of hydrogen-bond donors (Lipinski definition) is 0. The van der Waals surface area contributed by atoms with Gasteiger partial charge in [0.15, 0.2) is 0 Å². The molecule has 0 bridgehead atoms. The van der Waals surface area contributed by atoms with Crippen LogP contribution in [0.4, 0.5) is 0 Å². The zero-order chi connectivity index (χ0) is 12.6. The van der Waals surface area contributed by atoms with Gasteiger partial charge >= 0.3 is 0 Å². The van der Waals surface area contributed by atoms with E-state index in [1.807, 2.05) is 0 Å². The minimum absolute atomic E-state index is 0.682. The highest BCUT2D eigenvalue weighted by Gasteiger charge is 2.26. The number of nitrogens with zero attached hydrogens (tertiary/aromatic N) is 2. The maximum atomic E-state index is 2.61. The molecule has 1 atom stereocenters. The van der Waals surface area contributed by atoms with Gasteiger partial charge in [-0.15, -0.1) is 0 Å². The highest BCUT2D eigenvalue weighted by Crippen LogP contribution is 2.11. The van der Waals surface area contributed by atoms with E-state index in [0.29, 0.717) is 5.79 Å². The Morgan fingerprint density at radius 3 is 1.56 bits per heavy atom. The second-order valence-electron chi connectivity index (χ2n) is 4.24. The molecular weight excluding hydrogens is 212 g/mol. The first kappa shape index (κ1) is 15.9. The summed E-state index contributed by atoms with van der Waals surface area (Å²) in [6.45, 7) is 18.3. The predicted octanol–water partition coefficient (Wildman–Crippen LogP) is 2.51. The van der Waals surface area contributed by atoms with E-state index >= 15 is 0 Å². The Labute approximate surface area is 104 Å². The lowest BCUT2D eigenvalue weighted by atomic mass is 10.5. The van der Waals surface area contributed by atoms with Gasteiger partial charge in [0.1, 0.15) is 0 Å². The molecular formula is C13H30N2Si. The number of allylic oxidation sites excluding steroid dienone is 1. The largest absolute Gasteiger partial charge is 0.291 e. The monoisotopic (exact) mass is 242 g/mol. The molecule has 16 heavy (non-hydrogen) atoms. The van der Waals surface area contributed by atoms with Crippen LogP contribution >= 0.6 is 0 Å².